The first-order chi connectivity index (χ1) is 9.21. The monoisotopic (exact) mass is 311 g/mol. The second kappa shape index (κ2) is 6.11. The maximum absolute atomic E-state index is 13.5. The molecule has 0 aliphatic carbocycles. The van der Waals surface area contributed by atoms with Gasteiger partial charge in [-0.15, -0.1) is 0 Å². The van der Waals surface area contributed by atoms with Gasteiger partial charge in [-0.3, -0.25) is 0 Å². The van der Waals surface area contributed by atoms with Gasteiger partial charge >= 0.3 is 0 Å². The topological polar surface area (TPSA) is 66.4 Å². The minimum Gasteiger partial charge on any atom is -0.394 e. The van der Waals surface area contributed by atoms with Crippen LogP contribution in [0, 0.1) is 17.5 Å². The van der Waals surface area contributed by atoms with Gasteiger partial charge in [0.15, 0.2) is 4.90 Å². The molecule has 1 aromatic carbocycles. The molecule has 0 amide bonds. The highest BCUT2D eigenvalue weighted by atomic mass is 32.2. The third kappa shape index (κ3) is 3.31. The Labute approximate surface area is 115 Å². The Morgan fingerprint density at radius 3 is 1.95 bits per heavy atom. The van der Waals surface area contributed by atoms with Crippen LogP contribution >= 0.6 is 0 Å². The summed E-state index contributed by atoms with van der Waals surface area (Å²) in [7, 11) is -4.56. The van der Waals surface area contributed by atoms with Crippen molar-refractivity contribution in [3.63, 3.8) is 0 Å². The Kier molecular flexibility index (Phi) is 5.17. The van der Waals surface area contributed by atoms with E-state index >= 15 is 0 Å². The van der Waals surface area contributed by atoms with Crippen molar-refractivity contribution in [1.82, 2.24) is 4.72 Å². The van der Waals surface area contributed by atoms with Gasteiger partial charge in [0.25, 0.3) is 0 Å². The van der Waals surface area contributed by atoms with Gasteiger partial charge in [-0.1, -0.05) is 13.8 Å². The second-order valence-corrected chi connectivity index (χ2v) is 6.07. The van der Waals surface area contributed by atoms with Crippen LogP contribution in [0.4, 0.5) is 13.2 Å². The number of aliphatic hydroxyl groups is 1. The normalized spacial score (nSPS) is 12.7. The molecule has 0 aliphatic heterocycles. The van der Waals surface area contributed by atoms with Gasteiger partial charge in [-0.25, -0.2) is 26.3 Å². The number of hydrogen-bond acceptors (Lipinski definition) is 3. The van der Waals surface area contributed by atoms with Crippen LogP contribution in [0.15, 0.2) is 17.0 Å². The fraction of sp³-hybridized carbons (Fsp3) is 0.500. The fourth-order valence-electron chi connectivity index (χ4n) is 1.77. The molecular weight excluding hydrogens is 295 g/mol. The van der Waals surface area contributed by atoms with Crippen LogP contribution in [-0.4, -0.2) is 25.7 Å². The highest BCUT2D eigenvalue weighted by Crippen LogP contribution is 2.24. The molecule has 0 fully saturated rings. The molecule has 1 aromatic rings. The number of benzene rings is 1. The molecule has 2 N–H and O–H groups in total. The van der Waals surface area contributed by atoms with Crippen molar-refractivity contribution in [2.24, 2.45) is 0 Å². The molecule has 0 aromatic heterocycles. The molecule has 0 spiro atoms. The standard InChI is InChI=1S/C12H16F3NO3S/c1-3-12(4-2,7-17)16-20(18,19)11-9(14)5-8(13)6-10(11)15/h5-6,16-17H,3-4,7H2,1-2H3. The largest absolute Gasteiger partial charge is 0.394 e. The first-order valence-electron chi connectivity index (χ1n) is 6.00. The summed E-state index contributed by atoms with van der Waals surface area (Å²) in [6.45, 7) is 2.73. The average molecular weight is 311 g/mol. The average Bonchev–Trinajstić information content (AvgIpc) is 2.34. The van der Waals surface area contributed by atoms with E-state index in [0.29, 0.717) is 0 Å². The highest BCUT2D eigenvalue weighted by Gasteiger charge is 2.34. The van der Waals surface area contributed by atoms with E-state index in [1.165, 1.54) is 0 Å². The smallest absolute Gasteiger partial charge is 0.247 e. The van der Waals surface area contributed by atoms with Crippen molar-refractivity contribution in [3.05, 3.63) is 29.6 Å². The molecule has 1 rings (SSSR count). The molecule has 0 unspecified atom stereocenters. The van der Waals surface area contributed by atoms with Gasteiger partial charge in [0, 0.05) is 12.1 Å². The van der Waals surface area contributed by atoms with Gasteiger partial charge in [0.1, 0.15) is 17.5 Å². The quantitative estimate of drug-likeness (QED) is 0.843. The maximum atomic E-state index is 13.5. The van der Waals surface area contributed by atoms with Crippen molar-refractivity contribution in [2.75, 3.05) is 6.61 Å². The molecule has 4 nitrogen and oxygen atoms in total. The lowest BCUT2D eigenvalue weighted by atomic mass is 9.96. The lowest BCUT2D eigenvalue weighted by molar-refractivity contribution is 0.172. The third-order valence-electron chi connectivity index (χ3n) is 3.24. The SMILES string of the molecule is CCC(CC)(CO)NS(=O)(=O)c1c(F)cc(F)cc1F. The number of hydrogen-bond donors (Lipinski definition) is 2. The first kappa shape index (κ1) is 16.9. The zero-order chi connectivity index (χ0) is 15.6. The van der Waals surface area contributed by atoms with Crippen LogP contribution < -0.4 is 4.72 Å². The van der Waals surface area contributed by atoms with Crippen LogP contribution in [-0.2, 0) is 10.0 Å². The molecule has 0 radical (unpaired) electrons. The van der Waals surface area contributed by atoms with Crippen molar-refractivity contribution in [3.8, 4) is 0 Å². The number of rotatable bonds is 6. The van der Waals surface area contributed by atoms with E-state index < -0.39 is 44.5 Å². The van der Waals surface area contributed by atoms with E-state index in [1.807, 2.05) is 0 Å². The maximum Gasteiger partial charge on any atom is 0.247 e. The molecule has 0 atom stereocenters. The Hall–Kier alpha value is -1.12. The summed E-state index contributed by atoms with van der Waals surface area (Å²) in [6.07, 6.45) is 0.452. The summed E-state index contributed by atoms with van der Waals surface area (Å²) in [4.78, 5) is -1.25. The van der Waals surface area contributed by atoms with Gasteiger partial charge in [0.2, 0.25) is 10.0 Å². The molecule has 0 saturated carbocycles. The Balaban J connectivity index is 3.32. The predicted molar refractivity (Wildman–Crippen MR) is 67.0 cm³/mol. The molecule has 114 valence electrons. The number of aliphatic hydroxyl groups excluding tert-OH is 1. The molecule has 8 heteroatoms. The molecule has 0 heterocycles. The van der Waals surface area contributed by atoms with Crippen molar-refractivity contribution in [1.29, 1.82) is 0 Å². The number of nitrogens with one attached hydrogen (secondary N) is 1. The number of sulfonamides is 1. The minimum atomic E-state index is -4.56. The highest BCUT2D eigenvalue weighted by molar-refractivity contribution is 7.89. The van der Waals surface area contributed by atoms with E-state index in [4.69, 9.17) is 0 Å². The van der Waals surface area contributed by atoms with Crippen LogP contribution in [0.3, 0.4) is 0 Å². The third-order valence-corrected chi connectivity index (χ3v) is 4.87. The van der Waals surface area contributed by atoms with E-state index in [2.05, 4.69) is 4.72 Å². The van der Waals surface area contributed by atoms with Crippen LogP contribution in [0.2, 0.25) is 0 Å². The van der Waals surface area contributed by atoms with Crippen LogP contribution in [0.1, 0.15) is 26.7 Å². The Bertz CT molecular complexity index is 554. The summed E-state index contributed by atoms with van der Waals surface area (Å²) < 4.78 is 66.1. The van der Waals surface area contributed by atoms with Gasteiger partial charge in [-0.05, 0) is 12.8 Å². The summed E-state index contributed by atoms with van der Waals surface area (Å²) in [6, 6.07) is 0.576. The predicted octanol–water partition coefficient (Wildman–Crippen LogP) is 1.93. The van der Waals surface area contributed by atoms with Gasteiger partial charge < -0.3 is 5.11 Å². The summed E-state index contributed by atoms with van der Waals surface area (Å²) in [5.74, 6) is -4.25. The van der Waals surface area contributed by atoms with E-state index in [1.54, 1.807) is 13.8 Å². The molecule has 20 heavy (non-hydrogen) atoms. The van der Waals surface area contributed by atoms with Crippen LogP contribution in [0.25, 0.3) is 0 Å². The summed E-state index contributed by atoms with van der Waals surface area (Å²) >= 11 is 0. The van der Waals surface area contributed by atoms with Crippen molar-refractivity contribution >= 4 is 10.0 Å². The fourth-order valence-corrected chi connectivity index (χ4v) is 3.43. The lowest BCUT2D eigenvalue weighted by Gasteiger charge is -2.30. The zero-order valence-corrected chi connectivity index (χ0v) is 11.9. The second-order valence-electron chi connectivity index (χ2n) is 4.45. The van der Waals surface area contributed by atoms with Crippen LogP contribution in [0.5, 0.6) is 0 Å². The van der Waals surface area contributed by atoms with E-state index in [0.717, 1.165) is 0 Å². The van der Waals surface area contributed by atoms with E-state index in [9.17, 15) is 26.7 Å². The lowest BCUT2D eigenvalue weighted by Crippen LogP contribution is -2.50. The Morgan fingerprint density at radius 2 is 1.60 bits per heavy atom. The molecule has 0 saturated heterocycles. The molecule has 0 aliphatic rings. The van der Waals surface area contributed by atoms with Crippen molar-refractivity contribution < 1.29 is 26.7 Å². The Morgan fingerprint density at radius 1 is 1.15 bits per heavy atom. The molecular formula is C12H16F3NO3S. The molecule has 0 bridgehead atoms. The summed E-state index contributed by atoms with van der Waals surface area (Å²) in [5.41, 5.74) is -1.22. The van der Waals surface area contributed by atoms with Crippen molar-refractivity contribution in [2.45, 2.75) is 37.1 Å². The van der Waals surface area contributed by atoms with E-state index in [-0.39, 0.29) is 25.0 Å². The van der Waals surface area contributed by atoms with Gasteiger partial charge in [-0.2, -0.15) is 0 Å². The minimum absolute atomic E-state index is 0.226. The summed E-state index contributed by atoms with van der Waals surface area (Å²) in [5, 5.41) is 9.30. The first-order valence-corrected chi connectivity index (χ1v) is 7.49. The number of halogens is 3. The zero-order valence-electron chi connectivity index (χ0n) is 11.1. The van der Waals surface area contributed by atoms with Gasteiger partial charge in [0.05, 0.1) is 12.1 Å².